The summed E-state index contributed by atoms with van der Waals surface area (Å²) in [5, 5.41) is 9.71. The van der Waals surface area contributed by atoms with Crippen molar-refractivity contribution in [1.29, 1.82) is 0 Å². The molecule has 28 heavy (non-hydrogen) atoms. The number of rotatable bonds is 8. The third-order valence-corrected chi connectivity index (χ3v) is 4.66. The fraction of sp³-hybridized carbons (Fsp3) is 0.412. The number of hydrogen-bond donors (Lipinski definition) is 2. The first-order valence-electron chi connectivity index (χ1n) is 8.58. The summed E-state index contributed by atoms with van der Waals surface area (Å²) in [5.41, 5.74) is 1.64. The average molecular weight is 415 g/mol. The molecular formula is C17H20F3N5O2S. The van der Waals surface area contributed by atoms with E-state index in [-0.39, 0.29) is 35.2 Å². The van der Waals surface area contributed by atoms with Crippen molar-refractivity contribution >= 4 is 39.7 Å². The second-order valence-electron chi connectivity index (χ2n) is 5.73. The van der Waals surface area contributed by atoms with Gasteiger partial charge in [0.1, 0.15) is 0 Å². The molecule has 0 unspecified atom stereocenters. The minimum atomic E-state index is -4.61. The van der Waals surface area contributed by atoms with Crippen molar-refractivity contribution in [3.63, 3.8) is 0 Å². The highest BCUT2D eigenvalue weighted by Crippen LogP contribution is 2.33. The highest BCUT2D eigenvalue weighted by molar-refractivity contribution is 7.15. The summed E-state index contributed by atoms with van der Waals surface area (Å²) in [5.74, 6) is -0.990. The lowest BCUT2D eigenvalue weighted by Crippen LogP contribution is -2.21. The van der Waals surface area contributed by atoms with Crippen LogP contribution < -0.4 is 15.5 Å². The Labute approximate surface area is 164 Å². The number of nitrogens with zero attached hydrogens (tertiary/aromatic N) is 3. The molecule has 0 atom stereocenters. The number of alkyl halides is 3. The predicted molar refractivity (Wildman–Crippen MR) is 101 cm³/mol. The first-order valence-corrected chi connectivity index (χ1v) is 9.40. The number of hydrogen-bond acceptors (Lipinski definition) is 6. The van der Waals surface area contributed by atoms with Gasteiger partial charge in [0, 0.05) is 37.3 Å². The average Bonchev–Trinajstić information content (AvgIpc) is 3.11. The van der Waals surface area contributed by atoms with Crippen LogP contribution in [0.1, 0.15) is 31.7 Å². The second kappa shape index (κ2) is 9.49. The highest BCUT2D eigenvalue weighted by Gasteiger charge is 2.35. The minimum Gasteiger partial charge on any atom is -0.372 e. The Balaban J connectivity index is 1.80. The molecule has 0 aliphatic carbocycles. The Kier molecular flexibility index (Phi) is 7.32. The summed E-state index contributed by atoms with van der Waals surface area (Å²) in [6.45, 7) is 5.85. The lowest BCUT2D eigenvalue weighted by molar-refractivity contribution is -0.138. The van der Waals surface area contributed by atoms with Gasteiger partial charge in [-0.15, -0.1) is 10.2 Å². The van der Waals surface area contributed by atoms with Crippen LogP contribution >= 0.6 is 11.3 Å². The van der Waals surface area contributed by atoms with Crippen LogP contribution in [0.2, 0.25) is 0 Å². The lowest BCUT2D eigenvalue weighted by atomic mass is 10.2. The van der Waals surface area contributed by atoms with Crippen molar-refractivity contribution in [2.45, 2.75) is 32.9 Å². The zero-order valence-corrected chi connectivity index (χ0v) is 16.2. The molecule has 11 heteroatoms. The fourth-order valence-corrected chi connectivity index (χ4v) is 2.99. The Morgan fingerprint density at radius 1 is 1.00 bits per heavy atom. The minimum absolute atomic E-state index is 0.117. The van der Waals surface area contributed by atoms with Crippen LogP contribution in [0.3, 0.4) is 0 Å². The number of halogens is 3. The molecule has 0 saturated carbocycles. The zero-order chi connectivity index (χ0) is 20.7. The van der Waals surface area contributed by atoms with Crippen LogP contribution in [0.25, 0.3) is 0 Å². The van der Waals surface area contributed by atoms with E-state index in [1.165, 1.54) is 0 Å². The monoisotopic (exact) mass is 415 g/mol. The molecule has 2 amide bonds. The van der Waals surface area contributed by atoms with Gasteiger partial charge in [0.2, 0.25) is 22.0 Å². The number of carbonyl (C=O) groups excluding carboxylic acids is 2. The number of amides is 2. The van der Waals surface area contributed by atoms with Gasteiger partial charge in [-0.3, -0.25) is 9.59 Å². The maximum Gasteiger partial charge on any atom is 0.445 e. The highest BCUT2D eigenvalue weighted by atomic mass is 32.1. The van der Waals surface area contributed by atoms with Crippen LogP contribution in [-0.2, 0) is 15.8 Å². The second-order valence-corrected chi connectivity index (χ2v) is 6.70. The van der Waals surface area contributed by atoms with E-state index in [9.17, 15) is 22.8 Å². The summed E-state index contributed by atoms with van der Waals surface area (Å²) in [6, 6.07) is 7.32. The fourth-order valence-electron chi connectivity index (χ4n) is 2.36. The molecule has 2 rings (SSSR count). The van der Waals surface area contributed by atoms with Gasteiger partial charge < -0.3 is 15.5 Å². The van der Waals surface area contributed by atoms with E-state index in [0.29, 0.717) is 5.69 Å². The number of aromatic nitrogens is 2. The van der Waals surface area contributed by atoms with Gasteiger partial charge in [-0.25, -0.2) is 0 Å². The predicted octanol–water partition coefficient (Wildman–Crippen LogP) is 3.76. The van der Waals surface area contributed by atoms with Crippen molar-refractivity contribution in [1.82, 2.24) is 10.2 Å². The summed E-state index contributed by atoms with van der Waals surface area (Å²) < 4.78 is 37.3. The smallest absolute Gasteiger partial charge is 0.372 e. The van der Waals surface area contributed by atoms with E-state index in [0.717, 1.165) is 18.8 Å². The summed E-state index contributed by atoms with van der Waals surface area (Å²) >= 11 is 0.229. The SMILES string of the molecule is CCN(CC)c1ccc(NC(=O)CCC(=O)Nc2nnc(C(F)(F)F)s2)cc1. The van der Waals surface area contributed by atoms with Gasteiger partial charge in [0.05, 0.1) is 0 Å². The zero-order valence-electron chi connectivity index (χ0n) is 15.3. The molecule has 2 aromatic rings. The third-order valence-electron chi connectivity index (χ3n) is 3.77. The van der Waals surface area contributed by atoms with Crippen LogP contribution in [0.5, 0.6) is 0 Å². The van der Waals surface area contributed by atoms with Gasteiger partial charge in [-0.05, 0) is 38.1 Å². The molecule has 0 aliphatic heterocycles. The van der Waals surface area contributed by atoms with Crippen molar-refractivity contribution < 1.29 is 22.8 Å². The van der Waals surface area contributed by atoms with Gasteiger partial charge in [-0.2, -0.15) is 13.2 Å². The van der Waals surface area contributed by atoms with Crippen molar-refractivity contribution in [2.24, 2.45) is 0 Å². The maximum atomic E-state index is 12.4. The normalized spacial score (nSPS) is 11.2. The van der Waals surface area contributed by atoms with E-state index in [2.05, 4.69) is 39.6 Å². The van der Waals surface area contributed by atoms with Gasteiger partial charge in [0.15, 0.2) is 0 Å². The molecule has 2 N–H and O–H groups in total. The van der Waals surface area contributed by atoms with Crippen LogP contribution in [0.4, 0.5) is 29.7 Å². The molecular weight excluding hydrogens is 395 g/mol. The van der Waals surface area contributed by atoms with Crippen molar-refractivity contribution in [3.8, 4) is 0 Å². The first-order chi connectivity index (χ1) is 13.2. The van der Waals surface area contributed by atoms with Crippen LogP contribution in [0.15, 0.2) is 24.3 Å². The Morgan fingerprint density at radius 2 is 1.57 bits per heavy atom. The molecule has 0 spiro atoms. The molecule has 0 bridgehead atoms. The van der Waals surface area contributed by atoms with Crippen molar-refractivity contribution in [2.75, 3.05) is 28.6 Å². The molecule has 152 valence electrons. The van der Waals surface area contributed by atoms with E-state index in [4.69, 9.17) is 0 Å². The largest absolute Gasteiger partial charge is 0.445 e. The van der Waals surface area contributed by atoms with E-state index in [1.54, 1.807) is 12.1 Å². The number of carbonyl (C=O) groups is 2. The quantitative estimate of drug-likeness (QED) is 0.686. The van der Waals surface area contributed by atoms with Crippen LogP contribution in [-0.4, -0.2) is 35.1 Å². The summed E-state index contributed by atoms with van der Waals surface area (Å²) in [6.07, 6.45) is -4.92. The number of anilines is 3. The Hall–Kier alpha value is -2.69. The Bertz CT molecular complexity index is 804. The topological polar surface area (TPSA) is 87.2 Å². The van der Waals surface area contributed by atoms with Gasteiger partial charge >= 0.3 is 6.18 Å². The molecule has 1 aromatic heterocycles. The molecule has 1 aromatic carbocycles. The first kappa shape index (κ1) is 21.6. The molecule has 0 fully saturated rings. The number of nitrogens with one attached hydrogen (secondary N) is 2. The number of benzene rings is 1. The Morgan fingerprint density at radius 3 is 2.07 bits per heavy atom. The molecule has 0 aliphatic rings. The molecule has 1 heterocycles. The summed E-state index contributed by atoms with van der Waals surface area (Å²) in [4.78, 5) is 25.9. The van der Waals surface area contributed by atoms with E-state index < -0.39 is 17.1 Å². The standard InChI is InChI=1S/C17H20F3N5O2S/c1-3-25(4-2)12-7-5-11(6-8-12)21-13(26)9-10-14(27)22-16-24-23-15(28-16)17(18,19)20/h5-8H,3-4,9-10H2,1-2H3,(H,21,26)(H,22,24,27). The van der Waals surface area contributed by atoms with Crippen LogP contribution in [0, 0.1) is 0 Å². The lowest BCUT2D eigenvalue weighted by Gasteiger charge is -2.21. The van der Waals surface area contributed by atoms with Gasteiger partial charge in [-0.1, -0.05) is 11.3 Å². The summed E-state index contributed by atoms with van der Waals surface area (Å²) in [7, 11) is 0. The third kappa shape index (κ3) is 6.19. The maximum absolute atomic E-state index is 12.4. The molecule has 7 nitrogen and oxygen atoms in total. The van der Waals surface area contributed by atoms with E-state index in [1.807, 2.05) is 12.1 Å². The van der Waals surface area contributed by atoms with Gasteiger partial charge in [0.25, 0.3) is 0 Å². The molecule has 0 radical (unpaired) electrons. The van der Waals surface area contributed by atoms with Crippen molar-refractivity contribution in [3.05, 3.63) is 29.3 Å². The molecule has 0 saturated heterocycles. The van der Waals surface area contributed by atoms with E-state index >= 15 is 0 Å².